The molecule has 2 rings (SSSR count). The lowest BCUT2D eigenvalue weighted by molar-refractivity contribution is 0.0299. The molecule has 1 aliphatic carbocycles. The number of hydrogen-bond acceptors (Lipinski definition) is 5. The molecule has 1 saturated carbocycles. The van der Waals surface area contributed by atoms with E-state index in [1.54, 1.807) is 0 Å². The first-order valence-electron chi connectivity index (χ1n) is 6.73. The highest BCUT2D eigenvalue weighted by molar-refractivity contribution is 5.92. The molecular weight excluding hydrogens is 244 g/mol. The number of ether oxygens (including phenoxy) is 1. The highest BCUT2D eigenvalue weighted by Crippen LogP contribution is 2.19. The van der Waals surface area contributed by atoms with Gasteiger partial charge in [-0.1, -0.05) is 19.3 Å². The van der Waals surface area contributed by atoms with Gasteiger partial charge in [0, 0.05) is 6.54 Å². The smallest absolute Gasteiger partial charge is 0.271 e. The van der Waals surface area contributed by atoms with Gasteiger partial charge < -0.3 is 15.8 Å². The van der Waals surface area contributed by atoms with Crippen molar-refractivity contribution in [3.8, 4) is 0 Å². The molecule has 104 valence electrons. The van der Waals surface area contributed by atoms with Crippen molar-refractivity contribution >= 4 is 11.7 Å². The van der Waals surface area contributed by atoms with Crippen molar-refractivity contribution in [2.45, 2.75) is 38.2 Å². The lowest BCUT2D eigenvalue weighted by atomic mass is 9.98. The fraction of sp³-hybridized carbons (Fsp3) is 0.615. The Labute approximate surface area is 112 Å². The number of nitrogen functional groups attached to an aromatic ring is 1. The summed E-state index contributed by atoms with van der Waals surface area (Å²) in [6, 6.07) is 0. The third-order valence-corrected chi connectivity index (χ3v) is 3.18. The highest BCUT2D eigenvalue weighted by Gasteiger charge is 2.13. The van der Waals surface area contributed by atoms with Gasteiger partial charge in [-0.15, -0.1) is 0 Å². The van der Waals surface area contributed by atoms with E-state index in [1.807, 2.05) is 0 Å². The Bertz CT molecular complexity index is 419. The van der Waals surface area contributed by atoms with E-state index in [9.17, 15) is 4.79 Å². The van der Waals surface area contributed by atoms with Gasteiger partial charge >= 0.3 is 0 Å². The van der Waals surface area contributed by atoms with Gasteiger partial charge in [0.15, 0.2) is 0 Å². The van der Waals surface area contributed by atoms with Gasteiger partial charge in [0.1, 0.15) is 11.5 Å². The molecule has 0 unspecified atom stereocenters. The first kappa shape index (κ1) is 13.7. The number of nitrogens with two attached hydrogens (primary N) is 1. The molecule has 0 aromatic carbocycles. The Balaban J connectivity index is 1.66. The zero-order valence-corrected chi connectivity index (χ0v) is 11.0. The van der Waals surface area contributed by atoms with E-state index < -0.39 is 0 Å². The summed E-state index contributed by atoms with van der Waals surface area (Å²) < 4.78 is 5.72. The largest absolute Gasteiger partial charge is 0.382 e. The van der Waals surface area contributed by atoms with Gasteiger partial charge in [-0.2, -0.15) is 0 Å². The number of hydrogen-bond donors (Lipinski definition) is 2. The van der Waals surface area contributed by atoms with Crippen LogP contribution in [0, 0.1) is 0 Å². The SMILES string of the molecule is Nc1cncc(C(=O)NCCOC2CCCCC2)n1. The molecule has 0 saturated heterocycles. The number of carbonyl (C=O) groups is 1. The summed E-state index contributed by atoms with van der Waals surface area (Å²) in [6.07, 6.45) is 9.23. The number of amides is 1. The summed E-state index contributed by atoms with van der Waals surface area (Å²) in [4.78, 5) is 19.5. The maximum Gasteiger partial charge on any atom is 0.271 e. The fourth-order valence-electron chi connectivity index (χ4n) is 2.20. The molecule has 0 bridgehead atoms. The van der Waals surface area contributed by atoms with Crippen LogP contribution in [0.15, 0.2) is 12.4 Å². The number of rotatable bonds is 5. The second-order valence-electron chi connectivity index (χ2n) is 4.72. The Kier molecular flexibility index (Phi) is 5.09. The molecule has 1 fully saturated rings. The fourth-order valence-corrected chi connectivity index (χ4v) is 2.20. The standard InChI is InChI=1S/C13H20N4O2/c14-12-9-15-8-11(17-12)13(18)16-6-7-19-10-4-2-1-3-5-10/h8-10H,1-7H2,(H2,14,17)(H,16,18). The van der Waals surface area contributed by atoms with Gasteiger partial charge in [-0.25, -0.2) is 4.98 Å². The minimum Gasteiger partial charge on any atom is -0.382 e. The van der Waals surface area contributed by atoms with Crippen LogP contribution < -0.4 is 11.1 Å². The van der Waals surface area contributed by atoms with Crippen LogP contribution in [0.1, 0.15) is 42.6 Å². The number of nitrogens with zero attached hydrogens (tertiary/aromatic N) is 2. The van der Waals surface area contributed by atoms with Crippen LogP contribution in [0.4, 0.5) is 5.82 Å². The van der Waals surface area contributed by atoms with E-state index in [2.05, 4.69) is 15.3 Å². The third-order valence-electron chi connectivity index (χ3n) is 3.18. The summed E-state index contributed by atoms with van der Waals surface area (Å²) in [7, 11) is 0. The first-order chi connectivity index (χ1) is 9.25. The lowest BCUT2D eigenvalue weighted by Gasteiger charge is -2.21. The number of anilines is 1. The quantitative estimate of drug-likeness (QED) is 0.778. The van der Waals surface area contributed by atoms with Gasteiger partial charge in [0.25, 0.3) is 5.91 Å². The Hall–Kier alpha value is -1.69. The third kappa shape index (κ3) is 4.48. The van der Waals surface area contributed by atoms with E-state index in [-0.39, 0.29) is 17.4 Å². The zero-order valence-electron chi connectivity index (χ0n) is 11.0. The number of aromatic nitrogens is 2. The minimum absolute atomic E-state index is 0.234. The van der Waals surface area contributed by atoms with E-state index in [1.165, 1.54) is 31.7 Å². The molecule has 0 radical (unpaired) electrons. The maximum absolute atomic E-state index is 11.7. The van der Waals surface area contributed by atoms with Crippen LogP contribution in [-0.2, 0) is 4.74 Å². The highest BCUT2D eigenvalue weighted by atomic mass is 16.5. The van der Waals surface area contributed by atoms with Crippen molar-refractivity contribution < 1.29 is 9.53 Å². The Morgan fingerprint density at radius 2 is 2.16 bits per heavy atom. The molecular formula is C13H20N4O2. The van der Waals surface area contributed by atoms with Crippen LogP contribution in [0.25, 0.3) is 0 Å². The topological polar surface area (TPSA) is 90.1 Å². The van der Waals surface area contributed by atoms with Gasteiger partial charge in [0.2, 0.25) is 0 Å². The van der Waals surface area contributed by atoms with Crippen molar-refractivity contribution in [1.29, 1.82) is 0 Å². The van der Waals surface area contributed by atoms with Gasteiger partial charge in [-0.3, -0.25) is 9.78 Å². The zero-order chi connectivity index (χ0) is 13.5. The maximum atomic E-state index is 11.7. The molecule has 0 aliphatic heterocycles. The molecule has 1 aliphatic rings. The van der Waals surface area contributed by atoms with E-state index >= 15 is 0 Å². The number of carbonyl (C=O) groups excluding carboxylic acids is 1. The Morgan fingerprint density at radius 1 is 1.37 bits per heavy atom. The second-order valence-corrected chi connectivity index (χ2v) is 4.72. The van der Waals surface area contributed by atoms with Crippen LogP contribution in [-0.4, -0.2) is 35.1 Å². The van der Waals surface area contributed by atoms with Crippen LogP contribution in [0.5, 0.6) is 0 Å². The molecule has 6 heteroatoms. The van der Waals surface area contributed by atoms with Crippen molar-refractivity contribution in [2.75, 3.05) is 18.9 Å². The Morgan fingerprint density at radius 3 is 2.89 bits per heavy atom. The summed E-state index contributed by atoms with van der Waals surface area (Å²) in [5, 5.41) is 2.74. The predicted octanol–water partition coefficient (Wildman–Crippen LogP) is 1.14. The molecule has 1 aromatic heterocycles. The van der Waals surface area contributed by atoms with Crippen LogP contribution in [0.2, 0.25) is 0 Å². The summed E-state index contributed by atoms with van der Waals surface area (Å²) in [6.45, 7) is 1.01. The van der Waals surface area contributed by atoms with E-state index in [0.29, 0.717) is 19.3 Å². The normalized spacial score (nSPS) is 16.2. The summed E-state index contributed by atoms with van der Waals surface area (Å²) in [5.74, 6) is -0.0295. The lowest BCUT2D eigenvalue weighted by Crippen LogP contribution is -2.30. The molecule has 19 heavy (non-hydrogen) atoms. The first-order valence-corrected chi connectivity index (χ1v) is 6.73. The van der Waals surface area contributed by atoms with Crippen LogP contribution >= 0.6 is 0 Å². The predicted molar refractivity (Wildman–Crippen MR) is 71.6 cm³/mol. The molecule has 1 heterocycles. The summed E-state index contributed by atoms with van der Waals surface area (Å²) in [5.41, 5.74) is 5.70. The molecule has 1 aromatic rings. The second kappa shape index (κ2) is 7.04. The van der Waals surface area contributed by atoms with Crippen molar-refractivity contribution in [1.82, 2.24) is 15.3 Å². The van der Waals surface area contributed by atoms with Crippen molar-refractivity contribution in [3.05, 3.63) is 18.1 Å². The van der Waals surface area contributed by atoms with Crippen LogP contribution in [0.3, 0.4) is 0 Å². The monoisotopic (exact) mass is 264 g/mol. The molecule has 3 N–H and O–H groups in total. The van der Waals surface area contributed by atoms with E-state index in [0.717, 1.165) is 12.8 Å². The van der Waals surface area contributed by atoms with Gasteiger partial charge in [0.05, 0.1) is 25.1 Å². The van der Waals surface area contributed by atoms with Gasteiger partial charge in [-0.05, 0) is 12.8 Å². The summed E-state index contributed by atoms with van der Waals surface area (Å²) >= 11 is 0. The minimum atomic E-state index is -0.271. The average Bonchev–Trinajstić information content (AvgIpc) is 2.44. The average molecular weight is 264 g/mol. The van der Waals surface area contributed by atoms with Crippen molar-refractivity contribution in [2.24, 2.45) is 0 Å². The molecule has 6 nitrogen and oxygen atoms in total. The van der Waals surface area contributed by atoms with Crippen molar-refractivity contribution in [3.63, 3.8) is 0 Å². The number of nitrogens with one attached hydrogen (secondary N) is 1. The molecule has 0 atom stereocenters. The molecule has 0 spiro atoms. The molecule has 1 amide bonds. The van der Waals surface area contributed by atoms with E-state index in [4.69, 9.17) is 10.5 Å².